The minimum Gasteiger partial charge on any atom is -0.394 e. The molecule has 0 radical (unpaired) electrons. The molecule has 0 spiro atoms. The average Bonchev–Trinajstić information content (AvgIpc) is 3.36. The second-order valence-corrected chi connectivity index (χ2v) is 7.82. The lowest BCUT2D eigenvalue weighted by Gasteiger charge is -2.52. The molecule has 4 rings (SSSR count). The maximum absolute atomic E-state index is 12.8. The van der Waals surface area contributed by atoms with E-state index in [4.69, 9.17) is 0 Å². The first-order chi connectivity index (χ1) is 12.7. The maximum Gasteiger partial charge on any atom is 0.227 e. The van der Waals surface area contributed by atoms with Gasteiger partial charge in [-0.2, -0.15) is 5.26 Å². The van der Waals surface area contributed by atoms with Gasteiger partial charge in [0.25, 0.3) is 0 Å². The third-order valence-electron chi connectivity index (χ3n) is 6.40. The molecule has 1 saturated carbocycles. The standard InChI is InChI=1S/C22H26N2O2/c23-13-19-21(17-11-9-16(10-12-17)15-5-1-2-6-15)20(14-25)24(19)22(26)18-7-3-4-8-18/h5,9-12,18-21,25H,1-4,6-8,14H2/t19-,20-,21-/m1/s1. The SMILES string of the molecule is N#C[C@@H]1[C@@H](c2ccc(C3=CCCC3)cc2)[C@@H](CO)N1C(=O)C1CCCC1. The zero-order chi connectivity index (χ0) is 18.1. The van der Waals surface area contributed by atoms with E-state index < -0.39 is 6.04 Å². The summed E-state index contributed by atoms with van der Waals surface area (Å²) < 4.78 is 0. The van der Waals surface area contributed by atoms with Crippen LogP contribution in [-0.4, -0.2) is 34.6 Å². The van der Waals surface area contributed by atoms with Crippen LogP contribution in [0.15, 0.2) is 30.3 Å². The van der Waals surface area contributed by atoms with Crippen LogP contribution in [0.5, 0.6) is 0 Å². The molecule has 0 aromatic heterocycles. The molecule has 1 aliphatic heterocycles. The van der Waals surface area contributed by atoms with Crippen LogP contribution in [0.1, 0.15) is 62.0 Å². The van der Waals surface area contributed by atoms with Crippen molar-refractivity contribution in [2.45, 2.75) is 62.9 Å². The third kappa shape index (κ3) is 2.85. The Balaban J connectivity index is 1.54. The summed E-state index contributed by atoms with van der Waals surface area (Å²) in [5, 5.41) is 19.6. The second-order valence-electron chi connectivity index (χ2n) is 7.82. The third-order valence-corrected chi connectivity index (χ3v) is 6.40. The molecule has 0 unspecified atom stereocenters. The topological polar surface area (TPSA) is 64.3 Å². The van der Waals surface area contributed by atoms with Gasteiger partial charge >= 0.3 is 0 Å². The molecule has 2 aliphatic carbocycles. The van der Waals surface area contributed by atoms with E-state index in [-0.39, 0.29) is 30.4 Å². The predicted molar refractivity (Wildman–Crippen MR) is 100 cm³/mol. The van der Waals surface area contributed by atoms with E-state index in [2.05, 4.69) is 36.4 Å². The van der Waals surface area contributed by atoms with Gasteiger partial charge in [-0.3, -0.25) is 4.79 Å². The summed E-state index contributed by atoms with van der Waals surface area (Å²) >= 11 is 0. The van der Waals surface area contributed by atoms with Crippen molar-refractivity contribution in [2.24, 2.45) is 5.92 Å². The first kappa shape index (κ1) is 17.3. The Morgan fingerprint density at radius 3 is 2.50 bits per heavy atom. The quantitative estimate of drug-likeness (QED) is 0.902. The van der Waals surface area contributed by atoms with Crippen molar-refractivity contribution in [2.75, 3.05) is 6.61 Å². The van der Waals surface area contributed by atoms with Gasteiger partial charge in [0.1, 0.15) is 6.04 Å². The minimum absolute atomic E-state index is 0.0394. The van der Waals surface area contributed by atoms with Gasteiger partial charge in [-0.05, 0) is 48.8 Å². The largest absolute Gasteiger partial charge is 0.394 e. The molecule has 1 aromatic rings. The number of hydrogen-bond donors (Lipinski definition) is 1. The highest BCUT2D eigenvalue weighted by atomic mass is 16.3. The van der Waals surface area contributed by atoms with E-state index in [1.165, 1.54) is 17.6 Å². The Morgan fingerprint density at radius 1 is 1.19 bits per heavy atom. The van der Waals surface area contributed by atoms with Crippen LogP contribution in [0, 0.1) is 17.2 Å². The van der Waals surface area contributed by atoms with Gasteiger partial charge < -0.3 is 10.0 Å². The van der Waals surface area contributed by atoms with Crippen molar-refractivity contribution in [1.29, 1.82) is 5.26 Å². The van der Waals surface area contributed by atoms with Crippen LogP contribution >= 0.6 is 0 Å². The first-order valence-electron chi connectivity index (χ1n) is 9.86. The van der Waals surface area contributed by atoms with Crippen LogP contribution in [0.3, 0.4) is 0 Å². The number of carbonyl (C=O) groups excluding carboxylic acids is 1. The Bertz CT molecular complexity index is 740. The summed E-state index contributed by atoms with van der Waals surface area (Å²) in [6.07, 6.45) is 9.82. The Kier molecular flexibility index (Phi) is 4.82. The number of amides is 1. The van der Waals surface area contributed by atoms with Crippen LogP contribution in [0.2, 0.25) is 0 Å². The summed E-state index contributed by atoms with van der Waals surface area (Å²) in [7, 11) is 0. The molecule has 1 aromatic carbocycles. The number of nitrogens with zero attached hydrogens (tertiary/aromatic N) is 2. The molecule has 4 heteroatoms. The van der Waals surface area contributed by atoms with E-state index in [0.29, 0.717) is 0 Å². The van der Waals surface area contributed by atoms with Crippen molar-refractivity contribution in [3.63, 3.8) is 0 Å². The van der Waals surface area contributed by atoms with E-state index in [1.54, 1.807) is 4.90 Å². The zero-order valence-corrected chi connectivity index (χ0v) is 15.1. The van der Waals surface area contributed by atoms with Gasteiger partial charge in [-0.15, -0.1) is 0 Å². The number of rotatable bonds is 4. The molecule has 1 amide bonds. The van der Waals surface area contributed by atoms with Crippen LogP contribution in [0.25, 0.3) is 5.57 Å². The van der Waals surface area contributed by atoms with Gasteiger partial charge in [-0.1, -0.05) is 43.2 Å². The summed E-state index contributed by atoms with van der Waals surface area (Å²) in [5.74, 6) is 0.0107. The minimum atomic E-state index is -0.461. The number of carbonyl (C=O) groups is 1. The van der Waals surface area contributed by atoms with Gasteiger partial charge in [0.2, 0.25) is 5.91 Å². The fourth-order valence-electron chi connectivity index (χ4n) is 4.95. The molecule has 1 saturated heterocycles. The van der Waals surface area contributed by atoms with E-state index >= 15 is 0 Å². The fourth-order valence-corrected chi connectivity index (χ4v) is 4.95. The van der Waals surface area contributed by atoms with Crippen LogP contribution < -0.4 is 0 Å². The smallest absolute Gasteiger partial charge is 0.227 e. The summed E-state index contributed by atoms with van der Waals surface area (Å²) in [6, 6.07) is 9.98. The zero-order valence-electron chi connectivity index (χ0n) is 15.1. The summed E-state index contributed by atoms with van der Waals surface area (Å²) in [6.45, 7) is -0.0891. The fraction of sp³-hybridized carbons (Fsp3) is 0.545. The highest BCUT2D eigenvalue weighted by molar-refractivity contribution is 5.82. The van der Waals surface area contributed by atoms with Gasteiger partial charge in [0.05, 0.1) is 18.7 Å². The highest BCUT2D eigenvalue weighted by Gasteiger charge is 2.52. The van der Waals surface area contributed by atoms with Crippen molar-refractivity contribution < 1.29 is 9.90 Å². The average molecular weight is 350 g/mol. The predicted octanol–water partition coefficient (Wildman–Crippen LogP) is 3.62. The Morgan fingerprint density at radius 2 is 1.92 bits per heavy atom. The normalized spacial score (nSPS) is 28.5. The van der Waals surface area contributed by atoms with E-state index in [0.717, 1.165) is 44.1 Å². The highest BCUT2D eigenvalue weighted by Crippen LogP contribution is 2.43. The molecule has 0 bridgehead atoms. The summed E-state index contributed by atoms with van der Waals surface area (Å²) in [4.78, 5) is 14.5. The number of likely N-dealkylation sites (tertiary alicyclic amines) is 1. The lowest BCUT2D eigenvalue weighted by atomic mass is 9.74. The summed E-state index contributed by atoms with van der Waals surface area (Å²) in [5.41, 5.74) is 3.70. The molecule has 2 fully saturated rings. The van der Waals surface area contributed by atoms with Crippen LogP contribution in [-0.2, 0) is 4.79 Å². The molecule has 136 valence electrons. The lowest BCUT2D eigenvalue weighted by molar-refractivity contribution is -0.151. The maximum atomic E-state index is 12.8. The Labute approximate surface area is 155 Å². The number of nitriles is 1. The van der Waals surface area contributed by atoms with Gasteiger partial charge in [0, 0.05) is 11.8 Å². The molecule has 1 heterocycles. The van der Waals surface area contributed by atoms with Gasteiger partial charge in [0.15, 0.2) is 0 Å². The number of aliphatic hydroxyl groups excluding tert-OH is 1. The molecular formula is C22H26N2O2. The molecule has 1 N–H and O–H groups in total. The molecule has 3 aliphatic rings. The number of hydrogen-bond acceptors (Lipinski definition) is 3. The van der Waals surface area contributed by atoms with Crippen molar-refractivity contribution in [1.82, 2.24) is 4.90 Å². The monoisotopic (exact) mass is 350 g/mol. The van der Waals surface area contributed by atoms with E-state index in [1.807, 2.05) is 0 Å². The van der Waals surface area contributed by atoms with Crippen molar-refractivity contribution in [3.8, 4) is 6.07 Å². The molecule has 26 heavy (non-hydrogen) atoms. The first-order valence-corrected chi connectivity index (χ1v) is 9.86. The number of allylic oxidation sites excluding steroid dienone is 2. The van der Waals surface area contributed by atoms with Crippen LogP contribution in [0.4, 0.5) is 0 Å². The van der Waals surface area contributed by atoms with E-state index in [9.17, 15) is 15.2 Å². The number of benzene rings is 1. The van der Waals surface area contributed by atoms with Gasteiger partial charge in [-0.25, -0.2) is 0 Å². The molecule has 4 nitrogen and oxygen atoms in total. The van der Waals surface area contributed by atoms with Crippen molar-refractivity contribution in [3.05, 3.63) is 41.5 Å². The molecule has 3 atom stereocenters. The number of aliphatic hydroxyl groups is 1. The Hall–Kier alpha value is -2.12. The lowest BCUT2D eigenvalue weighted by Crippen LogP contribution is -2.66. The van der Waals surface area contributed by atoms with Crippen molar-refractivity contribution >= 4 is 11.5 Å². The second kappa shape index (κ2) is 7.25. The molecular weight excluding hydrogens is 324 g/mol.